The fourth-order valence-corrected chi connectivity index (χ4v) is 2.88. The van der Waals surface area contributed by atoms with Gasteiger partial charge in [-0.25, -0.2) is 8.78 Å². The smallest absolute Gasteiger partial charge is 0.207 e. The Hall–Kier alpha value is -2.27. The van der Waals surface area contributed by atoms with Crippen molar-refractivity contribution < 1.29 is 13.6 Å². The molecule has 0 fully saturated rings. The molecule has 28 heavy (non-hydrogen) atoms. The van der Waals surface area contributed by atoms with Crippen molar-refractivity contribution in [1.29, 1.82) is 0 Å². The Morgan fingerprint density at radius 3 is 1.68 bits per heavy atom. The first-order chi connectivity index (χ1) is 12.8. The van der Waals surface area contributed by atoms with Crippen LogP contribution in [0.4, 0.5) is 8.78 Å². The van der Waals surface area contributed by atoms with Crippen molar-refractivity contribution in [3.63, 3.8) is 0 Å². The predicted octanol–water partition coefficient (Wildman–Crippen LogP) is 4.62. The quantitative estimate of drug-likeness (QED) is 0.708. The molecule has 2 aromatic carbocycles. The van der Waals surface area contributed by atoms with Crippen LogP contribution in [-0.2, 0) is 17.6 Å². The molecule has 0 heterocycles. The summed E-state index contributed by atoms with van der Waals surface area (Å²) < 4.78 is 25.9. The monoisotopic (exact) mass is 390 g/mol. The van der Waals surface area contributed by atoms with Crippen LogP contribution in [0, 0.1) is 25.5 Å². The minimum atomic E-state index is -0.300. The maximum absolute atomic E-state index is 13.0. The Kier molecular flexibility index (Phi) is 8.30. The summed E-state index contributed by atoms with van der Waals surface area (Å²) in [4.78, 5) is 10.4. The van der Waals surface area contributed by atoms with Crippen LogP contribution in [-0.4, -0.2) is 17.5 Å². The van der Waals surface area contributed by atoms with E-state index in [-0.39, 0.29) is 22.7 Å². The number of carbonyl (C=O) groups is 1. The van der Waals surface area contributed by atoms with Gasteiger partial charge < -0.3 is 11.1 Å². The van der Waals surface area contributed by atoms with E-state index in [1.807, 2.05) is 39.8 Å². The van der Waals surface area contributed by atoms with E-state index < -0.39 is 0 Å². The molecule has 2 rings (SSSR count). The summed E-state index contributed by atoms with van der Waals surface area (Å²) in [5.41, 5.74) is 8.76. The first-order valence-corrected chi connectivity index (χ1v) is 9.33. The van der Waals surface area contributed by atoms with E-state index in [0.29, 0.717) is 24.0 Å². The number of rotatable bonds is 6. The van der Waals surface area contributed by atoms with Crippen LogP contribution >= 0.6 is 0 Å². The van der Waals surface area contributed by atoms with Crippen LogP contribution < -0.4 is 11.1 Å². The zero-order valence-corrected chi connectivity index (χ0v) is 17.7. The molecule has 0 radical (unpaired) electrons. The lowest BCUT2D eigenvalue weighted by Gasteiger charge is -2.24. The summed E-state index contributed by atoms with van der Waals surface area (Å²) in [5, 5.41) is 2.73. The summed E-state index contributed by atoms with van der Waals surface area (Å²) in [6, 6.07) is 10.2. The van der Waals surface area contributed by atoms with Gasteiger partial charge in [0, 0.05) is 11.1 Å². The van der Waals surface area contributed by atoms with Crippen molar-refractivity contribution in [3.8, 4) is 0 Å². The second-order valence-corrected chi connectivity index (χ2v) is 8.66. The van der Waals surface area contributed by atoms with E-state index in [9.17, 15) is 13.6 Å². The fraction of sp³-hybridized carbons (Fsp3) is 0.435. The predicted molar refractivity (Wildman–Crippen MR) is 111 cm³/mol. The van der Waals surface area contributed by atoms with E-state index in [2.05, 4.69) is 5.32 Å². The third-order valence-electron chi connectivity index (χ3n) is 4.20. The third kappa shape index (κ3) is 8.61. The van der Waals surface area contributed by atoms with Crippen molar-refractivity contribution in [2.45, 2.75) is 65.5 Å². The number of hydrogen-bond acceptors (Lipinski definition) is 2. The first-order valence-electron chi connectivity index (χ1n) is 9.33. The molecule has 2 aromatic rings. The fourth-order valence-electron chi connectivity index (χ4n) is 2.88. The van der Waals surface area contributed by atoms with Crippen LogP contribution in [0.2, 0.25) is 0 Å². The lowest BCUT2D eigenvalue weighted by atomic mass is 9.94. The molecule has 0 bridgehead atoms. The molecule has 0 spiro atoms. The Bertz CT molecular complexity index is 796. The maximum atomic E-state index is 13.0. The second-order valence-electron chi connectivity index (χ2n) is 8.66. The zero-order chi connectivity index (χ0) is 21.5. The average molecular weight is 391 g/mol. The van der Waals surface area contributed by atoms with Gasteiger partial charge in [0.05, 0.1) is 0 Å². The summed E-state index contributed by atoms with van der Waals surface area (Å²) in [6.45, 7) is 11.3. The lowest BCUT2D eigenvalue weighted by molar-refractivity contribution is -0.110. The zero-order valence-electron chi connectivity index (χ0n) is 17.7. The van der Waals surface area contributed by atoms with Gasteiger partial charge in [-0.2, -0.15) is 0 Å². The molecule has 0 unspecified atom stereocenters. The van der Waals surface area contributed by atoms with Crippen molar-refractivity contribution in [3.05, 3.63) is 70.3 Å². The molecule has 154 valence electrons. The number of nitrogens with one attached hydrogen (secondary N) is 1. The van der Waals surface area contributed by atoms with Crippen molar-refractivity contribution >= 4 is 6.41 Å². The summed E-state index contributed by atoms with van der Waals surface area (Å²) in [6.07, 6.45) is 2.15. The number of halogens is 2. The van der Waals surface area contributed by atoms with Crippen LogP contribution in [0.25, 0.3) is 0 Å². The highest BCUT2D eigenvalue weighted by Crippen LogP contribution is 2.16. The summed E-state index contributed by atoms with van der Waals surface area (Å²) in [5.74, 6) is -0.349. The Morgan fingerprint density at radius 2 is 1.32 bits per heavy atom. The molecule has 3 nitrogen and oxygen atoms in total. The Balaban J connectivity index is 0.000000283. The first kappa shape index (κ1) is 23.8. The van der Waals surface area contributed by atoms with E-state index in [1.54, 1.807) is 26.0 Å². The Labute approximate surface area is 167 Å². The minimum Gasteiger partial charge on any atom is -0.353 e. The van der Waals surface area contributed by atoms with E-state index in [4.69, 9.17) is 5.73 Å². The Morgan fingerprint density at radius 1 is 0.893 bits per heavy atom. The lowest BCUT2D eigenvalue weighted by Crippen LogP contribution is -2.40. The molecule has 0 aromatic heterocycles. The van der Waals surface area contributed by atoms with Crippen molar-refractivity contribution in [2.24, 2.45) is 5.73 Å². The molecule has 3 N–H and O–H groups in total. The van der Waals surface area contributed by atoms with Crippen molar-refractivity contribution in [1.82, 2.24) is 5.32 Å². The highest BCUT2D eigenvalue weighted by Gasteiger charge is 2.17. The molecular formula is C23H32F2N2O. The van der Waals surface area contributed by atoms with E-state index >= 15 is 0 Å². The highest BCUT2D eigenvalue weighted by molar-refractivity contribution is 5.48. The number of hydrogen-bond donors (Lipinski definition) is 2. The SMILES string of the molecule is Cc1cc(CC(C)(C)N)ccc1F.Cc1cc(CC(C)(C)NC=O)ccc1F. The topological polar surface area (TPSA) is 55.1 Å². The standard InChI is InChI=1S/C12H16FNO.C11H16FN/c1-9-6-10(4-5-11(9)13)7-12(2,3)14-8-15;1-8-6-9(4-5-10(8)12)7-11(2,3)13/h4-6,8H,7H2,1-3H3,(H,14,15);4-6H,7,13H2,1-3H3. The van der Waals surface area contributed by atoms with Gasteiger partial charge in [0.1, 0.15) is 11.6 Å². The minimum absolute atomic E-state index is 0.154. The van der Waals surface area contributed by atoms with Gasteiger partial charge in [-0.05, 0) is 88.8 Å². The molecule has 5 heteroatoms. The normalized spacial score (nSPS) is 11.5. The molecule has 0 aliphatic rings. The van der Waals surface area contributed by atoms with Gasteiger partial charge in [0.2, 0.25) is 6.41 Å². The maximum Gasteiger partial charge on any atom is 0.207 e. The van der Waals surface area contributed by atoms with Gasteiger partial charge in [-0.3, -0.25) is 4.79 Å². The number of aryl methyl sites for hydroxylation is 2. The number of amides is 1. The van der Waals surface area contributed by atoms with Gasteiger partial charge >= 0.3 is 0 Å². The average Bonchev–Trinajstić information content (AvgIpc) is 2.53. The molecule has 0 aliphatic heterocycles. The van der Waals surface area contributed by atoms with Crippen LogP contribution in [0.15, 0.2) is 36.4 Å². The number of nitrogens with two attached hydrogens (primary N) is 1. The second kappa shape index (κ2) is 9.78. The largest absolute Gasteiger partial charge is 0.353 e. The van der Waals surface area contributed by atoms with Gasteiger partial charge in [-0.15, -0.1) is 0 Å². The van der Waals surface area contributed by atoms with Crippen LogP contribution in [0.3, 0.4) is 0 Å². The highest BCUT2D eigenvalue weighted by atomic mass is 19.1. The molecule has 0 saturated heterocycles. The molecule has 0 saturated carbocycles. The van der Waals surface area contributed by atoms with E-state index in [0.717, 1.165) is 17.5 Å². The van der Waals surface area contributed by atoms with Gasteiger partial charge in [0.15, 0.2) is 0 Å². The molecule has 1 amide bonds. The van der Waals surface area contributed by atoms with Gasteiger partial charge in [0.25, 0.3) is 0 Å². The number of carbonyl (C=O) groups excluding carboxylic acids is 1. The molecule has 0 aliphatic carbocycles. The third-order valence-corrected chi connectivity index (χ3v) is 4.20. The van der Waals surface area contributed by atoms with Crippen molar-refractivity contribution in [2.75, 3.05) is 0 Å². The summed E-state index contributed by atoms with van der Waals surface area (Å²) >= 11 is 0. The van der Waals surface area contributed by atoms with Gasteiger partial charge in [-0.1, -0.05) is 24.3 Å². The molecular weight excluding hydrogens is 358 g/mol. The summed E-state index contributed by atoms with van der Waals surface area (Å²) in [7, 11) is 0. The molecule has 0 atom stereocenters. The van der Waals surface area contributed by atoms with E-state index in [1.165, 1.54) is 12.1 Å². The van der Waals surface area contributed by atoms with Crippen LogP contribution in [0.1, 0.15) is 49.9 Å². The van der Waals surface area contributed by atoms with Crippen LogP contribution in [0.5, 0.6) is 0 Å². The number of benzene rings is 2.